The van der Waals surface area contributed by atoms with Crippen LogP contribution in [0.25, 0.3) is 0 Å². The van der Waals surface area contributed by atoms with E-state index in [-0.39, 0.29) is 0 Å². The van der Waals surface area contributed by atoms with Crippen molar-refractivity contribution in [2.75, 3.05) is 13.1 Å². The van der Waals surface area contributed by atoms with Gasteiger partial charge in [0.15, 0.2) is 0 Å². The topological polar surface area (TPSA) is 29.3 Å². The van der Waals surface area contributed by atoms with Crippen LogP contribution in [0, 0.1) is 0 Å². The van der Waals surface area contributed by atoms with Crippen LogP contribution in [0.1, 0.15) is 13.8 Å². The van der Waals surface area contributed by atoms with Crippen molar-refractivity contribution in [1.29, 1.82) is 0 Å². The normalized spacial score (nSPS) is 7.78. The van der Waals surface area contributed by atoms with Crippen molar-refractivity contribution in [3.05, 3.63) is 18.1 Å². The predicted octanol–water partition coefficient (Wildman–Crippen LogP) is 0.913. The van der Waals surface area contributed by atoms with Gasteiger partial charge in [-0.3, -0.25) is 0 Å². The van der Waals surface area contributed by atoms with Gasteiger partial charge >= 0.3 is 0 Å². The van der Waals surface area contributed by atoms with E-state index in [4.69, 9.17) is 5.73 Å². The molecule has 0 unspecified atom stereocenters. The van der Waals surface area contributed by atoms with Gasteiger partial charge in [-0.05, 0) is 13.8 Å². The molecule has 0 aromatic carbocycles. The predicted molar refractivity (Wildman–Crippen MR) is 39.8 cm³/mol. The molecule has 0 aliphatic rings. The molecule has 0 fully saturated rings. The molecule has 0 saturated heterocycles. The minimum atomic E-state index is 1.01. The lowest BCUT2D eigenvalue weighted by molar-refractivity contribution is 0.419. The molecule has 0 aliphatic heterocycles. The fraction of sp³-hybridized carbons (Fsp3) is 0.571. The molecule has 2 nitrogen and oxygen atoms in total. The van der Waals surface area contributed by atoms with Gasteiger partial charge in [-0.2, -0.15) is 0 Å². The molecule has 52 valence electrons. The van der Waals surface area contributed by atoms with Crippen LogP contribution >= 0.6 is 0 Å². The summed E-state index contributed by atoms with van der Waals surface area (Å²) in [6, 6.07) is 0. The zero-order valence-corrected chi connectivity index (χ0v) is 6.09. The van der Waals surface area contributed by atoms with E-state index in [1.165, 1.54) is 6.20 Å². The smallest absolute Gasteiger partial charge is 0.0438 e. The average Bonchev–Trinajstić information content (AvgIpc) is 1.91. The van der Waals surface area contributed by atoms with Gasteiger partial charge in [0.1, 0.15) is 0 Å². The molecule has 0 atom stereocenters. The lowest BCUT2D eigenvalue weighted by Crippen LogP contribution is -2.14. The highest BCUT2D eigenvalue weighted by molar-refractivity contribution is 4.80. The highest BCUT2D eigenvalue weighted by Gasteiger charge is 1.85. The molecule has 0 aliphatic carbocycles. The highest BCUT2D eigenvalue weighted by atomic mass is 15.1. The summed E-state index contributed by atoms with van der Waals surface area (Å²) in [5, 5.41) is 0. The Morgan fingerprint density at radius 2 is 2.00 bits per heavy atom. The molecule has 0 aromatic heterocycles. The number of nitrogens with zero attached hydrogens (tertiary/aromatic N) is 1. The summed E-state index contributed by atoms with van der Waals surface area (Å²) in [6.07, 6.45) is 3.28. The summed E-state index contributed by atoms with van der Waals surface area (Å²) in [5.41, 5.74) is 7.90. The van der Waals surface area contributed by atoms with Crippen LogP contribution in [-0.4, -0.2) is 18.0 Å². The molecular weight excluding hydrogens is 112 g/mol. The quantitative estimate of drug-likeness (QED) is 0.569. The standard InChI is InChI=1S/C7H14N2/c1-3-9(4-2)7-5-6-8/h6-7H,3-4,8H2,1-2H3. The van der Waals surface area contributed by atoms with E-state index in [2.05, 4.69) is 24.5 Å². The molecule has 0 saturated carbocycles. The van der Waals surface area contributed by atoms with E-state index >= 15 is 0 Å². The Kier molecular flexibility index (Phi) is 4.75. The van der Waals surface area contributed by atoms with E-state index in [1.54, 1.807) is 0 Å². The maximum atomic E-state index is 5.09. The molecule has 9 heavy (non-hydrogen) atoms. The first kappa shape index (κ1) is 8.12. The lowest BCUT2D eigenvalue weighted by Gasteiger charge is -2.12. The lowest BCUT2D eigenvalue weighted by atomic mass is 10.5. The Morgan fingerprint density at radius 1 is 1.44 bits per heavy atom. The van der Waals surface area contributed by atoms with Crippen molar-refractivity contribution in [2.24, 2.45) is 5.73 Å². The van der Waals surface area contributed by atoms with Crippen LogP contribution in [0.5, 0.6) is 0 Å². The number of rotatable bonds is 3. The number of nitrogens with two attached hydrogens (primary N) is 1. The summed E-state index contributed by atoms with van der Waals surface area (Å²) in [6.45, 7) is 6.21. The van der Waals surface area contributed by atoms with E-state index < -0.39 is 0 Å². The van der Waals surface area contributed by atoms with Crippen LogP contribution in [0.2, 0.25) is 0 Å². The monoisotopic (exact) mass is 126 g/mol. The second kappa shape index (κ2) is 5.26. The molecule has 0 amide bonds. The first-order valence-corrected chi connectivity index (χ1v) is 3.22. The minimum absolute atomic E-state index is 1.01. The van der Waals surface area contributed by atoms with Crippen molar-refractivity contribution in [2.45, 2.75) is 13.8 Å². The van der Waals surface area contributed by atoms with Gasteiger partial charge in [0.25, 0.3) is 0 Å². The van der Waals surface area contributed by atoms with Crippen molar-refractivity contribution >= 4 is 0 Å². The van der Waals surface area contributed by atoms with Crippen LogP contribution in [0.4, 0.5) is 0 Å². The fourth-order valence-corrected chi connectivity index (χ4v) is 0.555. The van der Waals surface area contributed by atoms with Crippen LogP contribution in [0.15, 0.2) is 18.1 Å². The zero-order chi connectivity index (χ0) is 7.11. The number of hydrogen-bond acceptors (Lipinski definition) is 2. The van der Waals surface area contributed by atoms with Gasteiger partial charge in [0.05, 0.1) is 0 Å². The van der Waals surface area contributed by atoms with Crippen molar-refractivity contribution in [1.82, 2.24) is 4.90 Å². The Labute approximate surface area is 56.6 Å². The Morgan fingerprint density at radius 3 is 2.33 bits per heavy atom. The third-order valence-corrected chi connectivity index (χ3v) is 1.17. The second-order valence-electron chi connectivity index (χ2n) is 1.68. The van der Waals surface area contributed by atoms with Gasteiger partial charge in [0.2, 0.25) is 0 Å². The van der Waals surface area contributed by atoms with Crippen molar-refractivity contribution < 1.29 is 0 Å². The summed E-state index contributed by atoms with van der Waals surface area (Å²) in [5.74, 6) is 0. The van der Waals surface area contributed by atoms with E-state index in [1.807, 2.05) is 6.20 Å². The largest absolute Gasteiger partial charge is 0.398 e. The maximum Gasteiger partial charge on any atom is 0.0438 e. The zero-order valence-electron chi connectivity index (χ0n) is 6.09. The molecular formula is C7H14N2. The SMILES string of the molecule is CCN(C=C=CN)CC. The van der Waals surface area contributed by atoms with Gasteiger partial charge in [-0.15, -0.1) is 0 Å². The summed E-state index contributed by atoms with van der Waals surface area (Å²) in [4.78, 5) is 2.11. The van der Waals surface area contributed by atoms with Crippen LogP contribution in [0.3, 0.4) is 0 Å². The third-order valence-electron chi connectivity index (χ3n) is 1.17. The van der Waals surface area contributed by atoms with E-state index in [0.29, 0.717) is 0 Å². The van der Waals surface area contributed by atoms with E-state index in [0.717, 1.165) is 13.1 Å². The molecule has 0 aromatic rings. The molecule has 0 rings (SSSR count). The molecule has 0 bridgehead atoms. The summed E-state index contributed by atoms with van der Waals surface area (Å²) in [7, 11) is 0. The van der Waals surface area contributed by atoms with Gasteiger partial charge in [-0.25, -0.2) is 0 Å². The van der Waals surface area contributed by atoms with Crippen molar-refractivity contribution in [3.63, 3.8) is 0 Å². The van der Waals surface area contributed by atoms with Crippen LogP contribution < -0.4 is 5.73 Å². The Balaban J connectivity index is 3.68. The fourth-order valence-electron chi connectivity index (χ4n) is 0.555. The number of hydrogen-bond donors (Lipinski definition) is 1. The molecule has 2 heteroatoms. The van der Waals surface area contributed by atoms with Crippen molar-refractivity contribution in [3.8, 4) is 0 Å². The van der Waals surface area contributed by atoms with Gasteiger partial charge < -0.3 is 10.6 Å². The maximum absolute atomic E-state index is 5.09. The first-order chi connectivity index (χ1) is 4.35. The Bertz CT molecular complexity index is 108. The molecule has 0 heterocycles. The first-order valence-electron chi connectivity index (χ1n) is 3.22. The highest BCUT2D eigenvalue weighted by Crippen LogP contribution is 1.84. The molecule has 0 spiro atoms. The summed E-state index contributed by atoms with van der Waals surface area (Å²) < 4.78 is 0. The van der Waals surface area contributed by atoms with Gasteiger partial charge in [0, 0.05) is 25.5 Å². The van der Waals surface area contributed by atoms with Gasteiger partial charge in [-0.1, -0.05) is 5.73 Å². The minimum Gasteiger partial charge on any atom is -0.398 e. The molecule has 0 radical (unpaired) electrons. The average molecular weight is 126 g/mol. The summed E-state index contributed by atoms with van der Waals surface area (Å²) >= 11 is 0. The molecule has 2 N–H and O–H groups in total. The second-order valence-corrected chi connectivity index (χ2v) is 1.68. The van der Waals surface area contributed by atoms with Crippen LogP contribution in [-0.2, 0) is 0 Å². The third kappa shape index (κ3) is 3.68. The van der Waals surface area contributed by atoms with E-state index in [9.17, 15) is 0 Å². The Hall–Kier alpha value is -0.880.